The molecule has 3 aromatic rings. The summed E-state index contributed by atoms with van der Waals surface area (Å²) in [5, 5.41) is 2.91. The molecule has 0 bridgehead atoms. The van der Waals surface area contributed by atoms with E-state index in [-0.39, 0.29) is 5.91 Å². The molecule has 2 aromatic heterocycles. The Morgan fingerprint density at radius 1 is 1.16 bits per heavy atom. The molecule has 0 aliphatic rings. The normalized spacial score (nSPS) is 10.5. The van der Waals surface area contributed by atoms with Crippen molar-refractivity contribution in [1.29, 1.82) is 0 Å². The lowest BCUT2D eigenvalue weighted by Gasteiger charge is -2.21. The number of aromatic nitrogens is 3. The Kier molecular flexibility index (Phi) is 5.09. The number of hydrogen-bond donors (Lipinski definition) is 2. The predicted octanol–water partition coefficient (Wildman–Crippen LogP) is 2.68. The Morgan fingerprint density at radius 3 is 2.68 bits per heavy atom. The second-order valence-electron chi connectivity index (χ2n) is 5.89. The number of carbonyl (C=O) groups excluding carboxylic acids is 1. The monoisotopic (exact) mass is 335 g/mol. The van der Waals surface area contributed by atoms with Gasteiger partial charge in [-0.2, -0.15) is 0 Å². The number of benzene rings is 1. The Hall–Kier alpha value is -3.15. The van der Waals surface area contributed by atoms with E-state index in [1.54, 1.807) is 6.20 Å². The highest BCUT2D eigenvalue weighted by molar-refractivity contribution is 5.93. The van der Waals surface area contributed by atoms with Gasteiger partial charge in [0.25, 0.3) is 5.91 Å². The zero-order valence-corrected chi connectivity index (χ0v) is 14.4. The Morgan fingerprint density at radius 2 is 1.96 bits per heavy atom. The van der Waals surface area contributed by atoms with Gasteiger partial charge in [-0.3, -0.25) is 4.79 Å². The summed E-state index contributed by atoms with van der Waals surface area (Å²) in [5.74, 6) is 0.657. The number of hydrogen-bond acceptors (Lipinski definition) is 4. The number of amides is 1. The molecule has 0 unspecified atom stereocenters. The second-order valence-corrected chi connectivity index (χ2v) is 5.89. The van der Waals surface area contributed by atoms with Crippen LogP contribution in [0.5, 0.6) is 0 Å². The van der Waals surface area contributed by atoms with E-state index in [4.69, 9.17) is 0 Å². The smallest absolute Gasteiger partial charge is 0.272 e. The van der Waals surface area contributed by atoms with Gasteiger partial charge in [0.05, 0.1) is 6.33 Å². The molecule has 6 nitrogen and oxygen atoms in total. The van der Waals surface area contributed by atoms with Crippen LogP contribution in [0.4, 0.5) is 5.82 Å². The number of H-pyrrole nitrogens is 1. The van der Waals surface area contributed by atoms with Gasteiger partial charge in [-0.05, 0) is 18.6 Å². The molecule has 3 rings (SSSR count). The summed E-state index contributed by atoms with van der Waals surface area (Å²) in [4.78, 5) is 25.8. The first-order chi connectivity index (χ1) is 12.1. The standard InChI is InChI=1S/C19H21N5O/c1-14-17(23-13-22-14)19(25)21-11-16-9-6-10-20-18(16)24(2)12-15-7-4-3-5-8-15/h3-10,13H,11-12H2,1-2H3,(H,21,25)(H,22,23). The van der Waals surface area contributed by atoms with Crippen molar-refractivity contribution >= 4 is 11.7 Å². The largest absolute Gasteiger partial charge is 0.355 e. The summed E-state index contributed by atoms with van der Waals surface area (Å²) >= 11 is 0. The first-order valence-electron chi connectivity index (χ1n) is 8.12. The van der Waals surface area contributed by atoms with Crippen LogP contribution >= 0.6 is 0 Å². The maximum absolute atomic E-state index is 12.2. The first kappa shape index (κ1) is 16.7. The van der Waals surface area contributed by atoms with Crippen molar-refractivity contribution in [3.63, 3.8) is 0 Å². The van der Waals surface area contributed by atoms with Gasteiger partial charge in [0, 0.05) is 37.6 Å². The van der Waals surface area contributed by atoms with Crippen molar-refractivity contribution in [3.05, 3.63) is 77.5 Å². The summed E-state index contributed by atoms with van der Waals surface area (Å²) in [6.45, 7) is 2.97. The third kappa shape index (κ3) is 4.03. The van der Waals surface area contributed by atoms with Crippen molar-refractivity contribution in [2.24, 2.45) is 0 Å². The van der Waals surface area contributed by atoms with E-state index in [9.17, 15) is 4.79 Å². The SMILES string of the molecule is Cc1[nH]cnc1C(=O)NCc1cccnc1N(C)Cc1ccccc1. The topological polar surface area (TPSA) is 73.9 Å². The van der Waals surface area contributed by atoms with Crippen molar-refractivity contribution < 1.29 is 4.79 Å². The van der Waals surface area contributed by atoms with Crippen molar-refractivity contribution in [2.75, 3.05) is 11.9 Å². The number of pyridine rings is 1. The van der Waals surface area contributed by atoms with E-state index in [2.05, 4.69) is 37.3 Å². The molecule has 2 N–H and O–H groups in total. The molecule has 0 atom stereocenters. The van der Waals surface area contributed by atoms with Crippen LogP contribution in [-0.4, -0.2) is 27.9 Å². The highest BCUT2D eigenvalue weighted by Gasteiger charge is 2.14. The molecule has 6 heteroatoms. The van der Waals surface area contributed by atoms with E-state index < -0.39 is 0 Å². The Labute approximate surface area is 146 Å². The molecule has 1 aromatic carbocycles. The van der Waals surface area contributed by atoms with Gasteiger partial charge in [-0.1, -0.05) is 36.4 Å². The van der Waals surface area contributed by atoms with Gasteiger partial charge in [-0.15, -0.1) is 0 Å². The van der Waals surface area contributed by atoms with Gasteiger partial charge < -0.3 is 15.2 Å². The van der Waals surface area contributed by atoms with E-state index >= 15 is 0 Å². The van der Waals surface area contributed by atoms with Gasteiger partial charge in [0.15, 0.2) is 0 Å². The number of nitrogens with one attached hydrogen (secondary N) is 2. The molecule has 1 amide bonds. The number of aryl methyl sites for hydroxylation is 1. The lowest BCUT2D eigenvalue weighted by Crippen LogP contribution is -2.26. The minimum atomic E-state index is -0.195. The van der Waals surface area contributed by atoms with Crippen LogP contribution < -0.4 is 10.2 Å². The maximum Gasteiger partial charge on any atom is 0.272 e. The number of nitrogens with zero attached hydrogens (tertiary/aromatic N) is 3. The molecule has 0 radical (unpaired) electrons. The molecule has 0 aliphatic carbocycles. The van der Waals surface area contributed by atoms with Crippen LogP contribution in [0.3, 0.4) is 0 Å². The molecule has 0 spiro atoms. The fourth-order valence-electron chi connectivity index (χ4n) is 2.69. The first-order valence-corrected chi connectivity index (χ1v) is 8.12. The van der Waals surface area contributed by atoms with Crippen LogP contribution in [0.2, 0.25) is 0 Å². The fraction of sp³-hybridized carbons (Fsp3) is 0.211. The van der Waals surface area contributed by atoms with Crippen LogP contribution in [0, 0.1) is 6.92 Å². The van der Waals surface area contributed by atoms with Crippen molar-refractivity contribution in [3.8, 4) is 0 Å². The van der Waals surface area contributed by atoms with Gasteiger partial charge >= 0.3 is 0 Å². The minimum Gasteiger partial charge on any atom is -0.355 e. The number of anilines is 1. The average molecular weight is 335 g/mol. The molecule has 128 valence electrons. The van der Waals surface area contributed by atoms with Crippen LogP contribution in [0.15, 0.2) is 55.0 Å². The van der Waals surface area contributed by atoms with E-state index in [0.717, 1.165) is 23.6 Å². The van der Waals surface area contributed by atoms with Gasteiger partial charge in [0.2, 0.25) is 0 Å². The lowest BCUT2D eigenvalue weighted by atomic mass is 10.2. The summed E-state index contributed by atoms with van der Waals surface area (Å²) in [7, 11) is 2.00. The van der Waals surface area contributed by atoms with E-state index in [0.29, 0.717) is 12.2 Å². The third-order valence-corrected chi connectivity index (χ3v) is 3.98. The summed E-state index contributed by atoms with van der Waals surface area (Å²) in [6, 6.07) is 14.1. The molecule has 0 fully saturated rings. The number of rotatable bonds is 6. The summed E-state index contributed by atoms with van der Waals surface area (Å²) < 4.78 is 0. The molecule has 2 heterocycles. The summed E-state index contributed by atoms with van der Waals surface area (Å²) in [5.41, 5.74) is 3.34. The van der Waals surface area contributed by atoms with Crippen LogP contribution in [0.1, 0.15) is 27.3 Å². The highest BCUT2D eigenvalue weighted by atomic mass is 16.1. The Balaban J connectivity index is 1.70. The number of imidazole rings is 1. The van der Waals surface area contributed by atoms with Gasteiger partial charge in [-0.25, -0.2) is 9.97 Å². The molecular formula is C19H21N5O. The molecule has 0 aliphatic heterocycles. The van der Waals surface area contributed by atoms with Crippen molar-refractivity contribution in [2.45, 2.75) is 20.0 Å². The highest BCUT2D eigenvalue weighted by Crippen LogP contribution is 2.18. The predicted molar refractivity (Wildman–Crippen MR) is 97.3 cm³/mol. The van der Waals surface area contributed by atoms with E-state index in [1.807, 2.05) is 44.3 Å². The van der Waals surface area contributed by atoms with E-state index in [1.165, 1.54) is 11.9 Å². The molecule has 0 saturated heterocycles. The minimum absolute atomic E-state index is 0.195. The molecule has 0 saturated carbocycles. The Bertz CT molecular complexity index is 844. The quantitative estimate of drug-likeness (QED) is 0.726. The third-order valence-electron chi connectivity index (χ3n) is 3.98. The number of aromatic amines is 1. The zero-order chi connectivity index (χ0) is 17.6. The maximum atomic E-state index is 12.2. The molecular weight excluding hydrogens is 314 g/mol. The summed E-state index contributed by atoms with van der Waals surface area (Å²) in [6.07, 6.45) is 3.29. The number of carbonyl (C=O) groups is 1. The second kappa shape index (κ2) is 7.61. The van der Waals surface area contributed by atoms with Gasteiger partial charge in [0.1, 0.15) is 11.5 Å². The average Bonchev–Trinajstić information content (AvgIpc) is 3.07. The van der Waals surface area contributed by atoms with Crippen LogP contribution in [-0.2, 0) is 13.1 Å². The lowest BCUT2D eigenvalue weighted by molar-refractivity contribution is 0.0946. The molecule has 25 heavy (non-hydrogen) atoms. The van der Waals surface area contributed by atoms with Crippen LogP contribution in [0.25, 0.3) is 0 Å². The van der Waals surface area contributed by atoms with Crippen molar-refractivity contribution in [1.82, 2.24) is 20.3 Å². The fourth-order valence-corrected chi connectivity index (χ4v) is 2.69. The zero-order valence-electron chi connectivity index (χ0n) is 14.4.